The molecular formula is C25H35N5O5. The van der Waals surface area contributed by atoms with Crippen LogP contribution in [0.1, 0.15) is 45.6 Å². The number of para-hydroxylation sites is 1. The highest BCUT2D eigenvalue weighted by Crippen LogP contribution is 2.19. The van der Waals surface area contributed by atoms with Gasteiger partial charge in [0.15, 0.2) is 0 Å². The number of aromatic amines is 1. The van der Waals surface area contributed by atoms with Crippen LogP contribution in [0.15, 0.2) is 30.5 Å². The lowest BCUT2D eigenvalue weighted by molar-refractivity contribution is -0.142. The first kappa shape index (κ1) is 26.2. The summed E-state index contributed by atoms with van der Waals surface area (Å²) in [5, 5.41) is 21.3. The Labute approximate surface area is 204 Å². The average Bonchev–Trinajstić information content (AvgIpc) is 3.48. The van der Waals surface area contributed by atoms with Crippen LogP contribution in [0.3, 0.4) is 0 Å². The standard InChI is InChI=1S/C25H35N5O5/c1-14(2)11-20(23(32)28-15(3)25(34)35)29-24(33)21(30-22(31)19-9-6-10-26-19)12-16-13-27-18-8-5-4-7-17(16)18/h4-5,7-8,13-15,19-21,26-27H,6,9-12H2,1-3H3,(H,28,32)(H,29,33)(H,30,31)(H,34,35). The molecule has 1 aliphatic rings. The number of amides is 3. The summed E-state index contributed by atoms with van der Waals surface area (Å²) >= 11 is 0. The van der Waals surface area contributed by atoms with Crippen molar-refractivity contribution in [2.45, 2.75) is 70.6 Å². The van der Waals surface area contributed by atoms with Gasteiger partial charge in [-0.05, 0) is 50.3 Å². The Bertz CT molecular complexity index is 1060. The first-order valence-electron chi connectivity index (χ1n) is 12.1. The fraction of sp³-hybridized carbons (Fsp3) is 0.520. The highest BCUT2D eigenvalue weighted by molar-refractivity contribution is 5.95. The number of hydrogen-bond acceptors (Lipinski definition) is 5. The predicted octanol–water partition coefficient (Wildman–Crippen LogP) is 1.07. The van der Waals surface area contributed by atoms with Gasteiger partial charge in [0, 0.05) is 23.5 Å². The van der Waals surface area contributed by atoms with Crippen molar-refractivity contribution in [3.63, 3.8) is 0 Å². The van der Waals surface area contributed by atoms with E-state index in [1.807, 2.05) is 44.3 Å². The normalized spacial score (nSPS) is 18.1. The van der Waals surface area contributed by atoms with Crippen molar-refractivity contribution >= 4 is 34.6 Å². The monoisotopic (exact) mass is 485 g/mol. The molecule has 3 rings (SSSR count). The summed E-state index contributed by atoms with van der Waals surface area (Å²) in [6.45, 7) is 5.92. The number of carboxylic acid groups (broad SMARTS) is 1. The van der Waals surface area contributed by atoms with Crippen LogP contribution in [0.2, 0.25) is 0 Å². The Morgan fingerprint density at radius 3 is 2.40 bits per heavy atom. The van der Waals surface area contributed by atoms with Crippen LogP contribution in [-0.2, 0) is 25.6 Å². The third-order valence-electron chi connectivity index (χ3n) is 6.18. The fourth-order valence-electron chi connectivity index (χ4n) is 4.26. The van der Waals surface area contributed by atoms with E-state index < -0.39 is 35.9 Å². The van der Waals surface area contributed by atoms with Gasteiger partial charge in [-0.25, -0.2) is 0 Å². The van der Waals surface area contributed by atoms with E-state index in [1.54, 1.807) is 0 Å². The zero-order valence-corrected chi connectivity index (χ0v) is 20.4. The van der Waals surface area contributed by atoms with E-state index in [0.717, 1.165) is 29.4 Å². The molecule has 4 atom stereocenters. The number of aromatic nitrogens is 1. The zero-order valence-electron chi connectivity index (χ0n) is 20.4. The van der Waals surface area contributed by atoms with Crippen molar-refractivity contribution in [2.24, 2.45) is 5.92 Å². The lowest BCUT2D eigenvalue weighted by Crippen LogP contribution is -2.57. The van der Waals surface area contributed by atoms with E-state index in [-0.39, 0.29) is 24.3 Å². The first-order valence-corrected chi connectivity index (χ1v) is 12.1. The lowest BCUT2D eigenvalue weighted by atomic mass is 10.00. The van der Waals surface area contributed by atoms with Crippen molar-refractivity contribution in [3.8, 4) is 0 Å². The van der Waals surface area contributed by atoms with Gasteiger partial charge in [0.25, 0.3) is 0 Å². The number of carbonyl (C=O) groups is 4. The molecule has 0 bridgehead atoms. The summed E-state index contributed by atoms with van der Waals surface area (Å²) in [7, 11) is 0. The second-order valence-electron chi connectivity index (χ2n) is 9.53. The molecule has 2 heterocycles. The number of rotatable bonds is 11. The third kappa shape index (κ3) is 7.05. The quantitative estimate of drug-likeness (QED) is 0.280. The second-order valence-corrected chi connectivity index (χ2v) is 9.53. The van der Waals surface area contributed by atoms with Crippen molar-refractivity contribution in [3.05, 3.63) is 36.0 Å². The fourth-order valence-corrected chi connectivity index (χ4v) is 4.26. The minimum atomic E-state index is -1.17. The van der Waals surface area contributed by atoms with Crippen molar-refractivity contribution in [1.82, 2.24) is 26.3 Å². The highest BCUT2D eigenvalue weighted by Gasteiger charge is 2.31. The third-order valence-corrected chi connectivity index (χ3v) is 6.18. The van der Waals surface area contributed by atoms with Crippen molar-refractivity contribution in [1.29, 1.82) is 0 Å². The van der Waals surface area contributed by atoms with Gasteiger partial charge in [-0.15, -0.1) is 0 Å². The number of carboxylic acids is 1. The van der Waals surface area contributed by atoms with Crippen molar-refractivity contribution < 1.29 is 24.3 Å². The maximum Gasteiger partial charge on any atom is 0.325 e. The smallest absolute Gasteiger partial charge is 0.325 e. The summed E-state index contributed by atoms with van der Waals surface area (Å²) in [5.41, 5.74) is 1.79. The minimum absolute atomic E-state index is 0.0653. The van der Waals surface area contributed by atoms with Crippen LogP contribution in [0, 0.1) is 5.92 Å². The summed E-state index contributed by atoms with van der Waals surface area (Å²) < 4.78 is 0. The Morgan fingerprint density at radius 2 is 1.74 bits per heavy atom. The van der Waals surface area contributed by atoms with Gasteiger partial charge in [-0.2, -0.15) is 0 Å². The highest BCUT2D eigenvalue weighted by atomic mass is 16.4. The van der Waals surface area contributed by atoms with Gasteiger partial charge in [0.2, 0.25) is 17.7 Å². The average molecular weight is 486 g/mol. The van der Waals surface area contributed by atoms with E-state index in [2.05, 4.69) is 26.3 Å². The molecule has 4 unspecified atom stereocenters. The number of fused-ring (bicyclic) bond motifs is 1. The summed E-state index contributed by atoms with van der Waals surface area (Å²) in [5.74, 6) is -2.43. The Morgan fingerprint density at radius 1 is 1.03 bits per heavy atom. The van der Waals surface area contributed by atoms with Gasteiger partial charge in [0.05, 0.1) is 6.04 Å². The molecule has 0 aliphatic carbocycles. The van der Waals surface area contributed by atoms with Crippen LogP contribution in [0.5, 0.6) is 0 Å². The topological polar surface area (TPSA) is 152 Å². The maximum absolute atomic E-state index is 13.4. The Hall–Kier alpha value is -3.40. The number of H-pyrrole nitrogens is 1. The number of benzene rings is 1. The molecule has 190 valence electrons. The summed E-state index contributed by atoms with van der Waals surface area (Å²) in [6.07, 6.45) is 3.95. The van der Waals surface area contributed by atoms with Crippen LogP contribution in [0.25, 0.3) is 10.9 Å². The van der Waals surface area contributed by atoms with E-state index in [0.29, 0.717) is 12.8 Å². The molecule has 1 saturated heterocycles. The lowest BCUT2D eigenvalue weighted by Gasteiger charge is -2.25. The molecule has 35 heavy (non-hydrogen) atoms. The van der Waals surface area contributed by atoms with Crippen molar-refractivity contribution in [2.75, 3.05) is 6.54 Å². The van der Waals surface area contributed by atoms with Crippen LogP contribution in [-0.4, -0.2) is 64.5 Å². The molecule has 10 heteroatoms. The molecule has 1 aromatic heterocycles. The van der Waals surface area contributed by atoms with Crippen LogP contribution < -0.4 is 21.3 Å². The Balaban J connectivity index is 1.80. The molecule has 0 radical (unpaired) electrons. The number of aliphatic carboxylic acids is 1. The SMILES string of the molecule is CC(C)CC(NC(=O)C(Cc1c[nH]c2ccccc12)NC(=O)C1CCCN1)C(=O)NC(C)C(=O)O. The zero-order chi connectivity index (χ0) is 25.5. The molecule has 6 N–H and O–H groups in total. The number of carbonyl (C=O) groups excluding carboxylic acids is 3. The molecule has 2 aromatic rings. The van der Waals surface area contributed by atoms with E-state index >= 15 is 0 Å². The first-order chi connectivity index (χ1) is 16.7. The predicted molar refractivity (Wildman–Crippen MR) is 132 cm³/mol. The Kier molecular flexibility index (Phi) is 8.86. The van der Waals surface area contributed by atoms with Gasteiger partial charge < -0.3 is 31.4 Å². The van der Waals surface area contributed by atoms with E-state index in [1.165, 1.54) is 6.92 Å². The molecule has 3 amide bonds. The van der Waals surface area contributed by atoms with Crippen LogP contribution in [0.4, 0.5) is 0 Å². The molecule has 0 saturated carbocycles. The van der Waals surface area contributed by atoms with Gasteiger partial charge in [-0.3, -0.25) is 19.2 Å². The summed E-state index contributed by atoms with van der Waals surface area (Å²) in [4.78, 5) is 53.4. The summed E-state index contributed by atoms with van der Waals surface area (Å²) in [6, 6.07) is 4.39. The minimum Gasteiger partial charge on any atom is -0.480 e. The number of nitrogens with one attached hydrogen (secondary N) is 5. The molecule has 0 spiro atoms. The van der Waals surface area contributed by atoms with E-state index in [4.69, 9.17) is 5.11 Å². The molecule has 1 aromatic carbocycles. The largest absolute Gasteiger partial charge is 0.480 e. The molecule has 1 aliphatic heterocycles. The maximum atomic E-state index is 13.4. The second kappa shape index (κ2) is 11.8. The van der Waals surface area contributed by atoms with Gasteiger partial charge in [0.1, 0.15) is 18.1 Å². The molecule has 1 fully saturated rings. The number of hydrogen-bond donors (Lipinski definition) is 6. The molecular weight excluding hydrogens is 450 g/mol. The van der Waals surface area contributed by atoms with Gasteiger partial charge >= 0.3 is 5.97 Å². The molecule has 10 nitrogen and oxygen atoms in total. The van der Waals surface area contributed by atoms with Crippen LogP contribution >= 0.6 is 0 Å². The van der Waals surface area contributed by atoms with Gasteiger partial charge in [-0.1, -0.05) is 32.0 Å². The van der Waals surface area contributed by atoms with E-state index in [9.17, 15) is 19.2 Å².